The second kappa shape index (κ2) is 9.39. The molecular formula is C28H30N2O2. The summed E-state index contributed by atoms with van der Waals surface area (Å²) in [5.74, 6) is 0.188. The van der Waals surface area contributed by atoms with Crippen LogP contribution in [-0.2, 0) is 11.2 Å². The van der Waals surface area contributed by atoms with Crippen molar-refractivity contribution in [3.63, 3.8) is 0 Å². The zero-order chi connectivity index (χ0) is 22.6. The zero-order valence-corrected chi connectivity index (χ0v) is 18.8. The summed E-state index contributed by atoms with van der Waals surface area (Å²) in [6.45, 7) is 1.17. The van der Waals surface area contributed by atoms with Crippen LogP contribution in [0.2, 0.25) is 0 Å². The minimum absolute atomic E-state index is 0.0428. The molecule has 0 aromatic heterocycles. The third-order valence-electron chi connectivity index (χ3n) is 6.52. The van der Waals surface area contributed by atoms with E-state index in [4.69, 9.17) is 0 Å². The van der Waals surface area contributed by atoms with Gasteiger partial charge in [-0.3, -0.25) is 9.59 Å². The van der Waals surface area contributed by atoms with E-state index in [0.29, 0.717) is 37.9 Å². The van der Waals surface area contributed by atoms with Crippen LogP contribution in [0.15, 0.2) is 84.9 Å². The van der Waals surface area contributed by atoms with Gasteiger partial charge in [-0.15, -0.1) is 0 Å². The van der Waals surface area contributed by atoms with Crippen molar-refractivity contribution in [2.75, 3.05) is 27.2 Å². The van der Waals surface area contributed by atoms with E-state index in [2.05, 4.69) is 24.3 Å². The maximum absolute atomic E-state index is 13.4. The van der Waals surface area contributed by atoms with Crippen molar-refractivity contribution in [1.82, 2.24) is 9.80 Å². The molecule has 0 atom stereocenters. The summed E-state index contributed by atoms with van der Waals surface area (Å²) in [4.78, 5) is 30.0. The van der Waals surface area contributed by atoms with E-state index in [1.54, 1.807) is 4.90 Å². The van der Waals surface area contributed by atoms with E-state index >= 15 is 0 Å². The minimum Gasteiger partial charge on any atom is -0.348 e. The Morgan fingerprint density at radius 2 is 1.38 bits per heavy atom. The van der Waals surface area contributed by atoms with E-state index in [1.807, 2.05) is 79.7 Å². The Balaban J connectivity index is 1.60. The van der Waals surface area contributed by atoms with Gasteiger partial charge in [-0.05, 0) is 48.1 Å². The van der Waals surface area contributed by atoms with Crippen molar-refractivity contribution >= 4 is 11.8 Å². The predicted molar refractivity (Wildman–Crippen MR) is 128 cm³/mol. The summed E-state index contributed by atoms with van der Waals surface area (Å²) in [5, 5.41) is 0. The van der Waals surface area contributed by atoms with Crippen LogP contribution in [0.4, 0.5) is 0 Å². The number of amides is 2. The van der Waals surface area contributed by atoms with Crippen molar-refractivity contribution in [2.24, 2.45) is 5.41 Å². The lowest BCUT2D eigenvalue weighted by molar-refractivity contribution is -0.142. The van der Waals surface area contributed by atoms with Crippen LogP contribution >= 0.6 is 0 Å². The van der Waals surface area contributed by atoms with Gasteiger partial charge in [-0.25, -0.2) is 0 Å². The quantitative estimate of drug-likeness (QED) is 0.582. The molecule has 2 amide bonds. The van der Waals surface area contributed by atoms with Crippen LogP contribution in [0.25, 0.3) is 11.1 Å². The molecule has 3 aromatic rings. The van der Waals surface area contributed by atoms with E-state index in [0.717, 1.165) is 5.56 Å². The van der Waals surface area contributed by atoms with Crippen molar-refractivity contribution in [2.45, 2.75) is 19.3 Å². The molecule has 1 heterocycles. The molecule has 1 aliphatic heterocycles. The first-order valence-electron chi connectivity index (χ1n) is 11.2. The van der Waals surface area contributed by atoms with E-state index in [1.165, 1.54) is 11.1 Å². The minimum atomic E-state index is -0.512. The summed E-state index contributed by atoms with van der Waals surface area (Å²) in [5.41, 5.74) is 3.70. The molecule has 0 radical (unpaired) electrons. The lowest BCUT2D eigenvalue weighted by Crippen LogP contribution is -2.51. The lowest BCUT2D eigenvalue weighted by Gasteiger charge is -2.42. The van der Waals surface area contributed by atoms with Gasteiger partial charge in [0.2, 0.25) is 5.91 Å². The van der Waals surface area contributed by atoms with Gasteiger partial charge in [0.1, 0.15) is 0 Å². The van der Waals surface area contributed by atoms with Gasteiger partial charge >= 0.3 is 0 Å². The molecule has 0 bridgehead atoms. The van der Waals surface area contributed by atoms with Crippen LogP contribution in [0.3, 0.4) is 0 Å². The summed E-state index contributed by atoms with van der Waals surface area (Å²) in [7, 11) is 3.66. The molecule has 0 saturated carbocycles. The second-order valence-electron chi connectivity index (χ2n) is 8.84. The van der Waals surface area contributed by atoms with Gasteiger partial charge in [0, 0.05) is 32.7 Å². The molecule has 1 fully saturated rings. The standard InChI is InChI=1S/C28H30N2O2/c1-29(2)27(32)28(17-19-30(20-18-28)26(31)23-13-7-4-8-14-23)21-24-15-9-10-16-25(24)22-11-5-3-6-12-22/h3-16H,17-21H2,1-2H3. The summed E-state index contributed by atoms with van der Waals surface area (Å²) >= 11 is 0. The highest BCUT2D eigenvalue weighted by Gasteiger charge is 2.43. The fraction of sp³-hybridized carbons (Fsp3) is 0.286. The SMILES string of the molecule is CN(C)C(=O)C1(Cc2ccccc2-c2ccccc2)CCN(C(=O)c2ccccc2)CC1. The third kappa shape index (κ3) is 4.45. The summed E-state index contributed by atoms with van der Waals surface area (Å²) in [6.07, 6.45) is 1.99. The summed E-state index contributed by atoms with van der Waals surface area (Å²) in [6, 6.07) is 28.1. The highest BCUT2D eigenvalue weighted by molar-refractivity contribution is 5.94. The van der Waals surface area contributed by atoms with Crippen LogP contribution in [0.5, 0.6) is 0 Å². The van der Waals surface area contributed by atoms with E-state index in [-0.39, 0.29) is 11.8 Å². The van der Waals surface area contributed by atoms with Crippen LogP contribution < -0.4 is 0 Å². The van der Waals surface area contributed by atoms with Crippen molar-refractivity contribution in [1.29, 1.82) is 0 Å². The fourth-order valence-electron chi connectivity index (χ4n) is 4.78. The lowest BCUT2D eigenvalue weighted by atomic mass is 9.71. The number of benzene rings is 3. The van der Waals surface area contributed by atoms with Gasteiger partial charge < -0.3 is 9.80 Å². The average molecular weight is 427 g/mol. The van der Waals surface area contributed by atoms with Crippen molar-refractivity contribution < 1.29 is 9.59 Å². The molecule has 3 aromatic carbocycles. The van der Waals surface area contributed by atoms with Gasteiger partial charge in [-0.2, -0.15) is 0 Å². The van der Waals surface area contributed by atoms with E-state index in [9.17, 15) is 9.59 Å². The fourth-order valence-corrected chi connectivity index (χ4v) is 4.78. The number of carbonyl (C=O) groups excluding carboxylic acids is 2. The smallest absolute Gasteiger partial charge is 0.253 e. The number of hydrogen-bond acceptors (Lipinski definition) is 2. The average Bonchev–Trinajstić information content (AvgIpc) is 2.85. The van der Waals surface area contributed by atoms with Crippen LogP contribution in [-0.4, -0.2) is 48.8 Å². The van der Waals surface area contributed by atoms with Gasteiger partial charge in [-0.1, -0.05) is 72.8 Å². The van der Waals surface area contributed by atoms with Crippen molar-refractivity contribution in [3.05, 3.63) is 96.1 Å². The zero-order valence-electron chi connectivity index (χ0n) is 18.8. The monoisotopic (exact) mass is 426 g/mol. The number of carbonyl (C=O) groups is 2. The number of rotatable bonds is 5. The molecule has 0 spiro atoms. The molecule has 0 aliphatic carbocycles. The molecule has 4 nitrogen and oxygen atoms in total. The van der Waals surface area contributed by atoms with Crippen LogP contribution in [0.1, 0.15) is 28.8 Å². The first-order chi connectivity index (χ1) is 15.5. The number of piperidine rings is 1. The molecule has 1 aliphatic rings. The highest BCUT2D eigenvalue weighted by Crippen LogP contribution is 2.39. The molecule has 1 saturated heterocycles. The Hall–Kier alpha value is -3.40. The molecule has 32 heavy (non-hydrogen) atoms. The highest BCUT2D eigenvalue weighted by atomic mass is 16.2. The molecular weight excluding hydrogens is 396 g/mol. The number of nitrogens with zero attached hydrogens (tertiary/aromatic N) is 2. The van der Waals surface area contributed by atoms with Gasteiger partial charge in [0.25, 0.3) is 5.91 Å². The second-order valence-corrected chi connectivity index (χ2v) is 8.84. The van der Waals surface area contributed by atoms with Gasteiger partial charge in [0.05, 0.1) is 5.41 Å². The van der Waals surface area contributed by atoms with E-state index < -0.39 is 5.41 Å². The van der Waals surface area contributed by atoms with Crippen molar-refractivity contribution in [3.8, 4) is 11.1 Å². The maximum atomic E-state index is 13.4. The first-order valence-corrected chi connectivity index (χ1v) is 11.2. The largest absolute Gasteiger partial charge is 0.348 e. The van der Waals surface area contributed by atoms with Gasteiger partial charge in [0.15, 0.2) is 0 Å². The predicted octanol–water partition coefficient (Wildman–Crippen LogP) is 4.91. The molecule has 0 N–H and O–H groups in total. The maximum Gasteiger partial charge on any atom is 0.253 e. The normalized spacial score (nSPS) is 15.2. The molecule has 4 rings (SSSR count). The third-order valence-corrected chi connectivity index (χ3v) is 6.52. The Morgan fingerprint density at radius 1 is 0.812 bits per heavy atom. The Labute approximate surface area is 190 Å². The Kier molecular flexibility index (Phi) is 6.40. The molecule has 164 valence electrons. The Morgan fingerprint density at radius 3 is 2.00 bits per heavy atom. The molecule has 4 heteroatoms. The topological polar surface area (TPSA) is 40.6 Å². The summed E-state index contributed by atoms with van der Waals surface area (Å²) < 4.78 is 0. The van der Waals surface area contributed by atoms with Crippen LogP contribution in [0, 0.1) is 5.41 Å². The first kappa shape index (κ1) is 21.8. The Bertz CT molecular complexity index is 1070. The number of hydrogen-bond donors (Lipinski definition) is 0. The number of likely N-dealkylation sites (tertiary alicyclic amines) is 1. The molecule has 0 unspecified atom stereocenters.